The van der Waals surface area contributed by atoms with Gasteiger partial charge in [-0.2, -0.15) is 0 Å². The van der Waals surface area contributed by atoms with E-state index in [1.165, 1.54) is 25.7 Å². The van der Waals surface area contributed by atoms with E-state index in [0.29, 0.717) is 12.6 Å². The van der Waals surface area contributed by atoms with Gasteiger partial charge in [0, 0.05) is 18.3 Å². The largest absolute Gasteiger partial charge is 0.326 e. The molecule has 0 saturated heterocycles. The van der Waals surface area contributed by atoms with Gasteiger partial charge in [-0.15, -0.1) is 0 Å². The first-order valence-electron chi connectivity index (χ1n) is 7.43. The summed E-state index contributed by atoms with van der Waals surface area (Å²) in [7, 11) is 2.05. The number of likely N-dealkylation sites (N-methyl/N-ethyl adjacent to an activating group) is 1. The second kappa shape index (κ2) is 6.86. The van der Waals surface area contributed by atoms with Crippen LogP contribution < -0.4 is 11.1 Å². The summed E-state index contributed by atoms with van der Waals surface area (Å²) in [5.74, 6) is 0.0496. The number of nitrogens with zero attached hydrogens (tertiary/aromatic N) is 1. The second-order valence-electron chi connectivity index (χ2n) is 5.67. The lowest BCUT2D eigenvalue weighted by Gasteiger charge is -2.29. The molecule has 1 aromatic rings. The molecule has 0 radical (unpaired) electrons. The minimum Gasteiger partial charge on any atom is -0.326 e. The Bertz CT molecular complexity index is 455. The van der Waals surface area contributed by atoms with Crippen molar-refractivity contribution >= 4 is 11.6 Å². The summed E-state index contributed by atoms with van der Waals surface area (Å²) in [6.07, 6.45) is 4.97. The molecule has 3 N–H and O–H groups in total. The van der Waals surface area contributed by atoms with Crippen LogP contribution in [0.15, 0.2) is 24.3 Å². The van der Waals surface area contributed by atoms with Crippen LogP contribution in [0.3, 0.4) is 0 Å². The quantitative estimate of drug-likeness (QED) is 0.867. The number of amides is 1. The summed E-state index contributed by atoms with van der Waals surface area (Å²) in [6.45, 7) is 2.46. The van der Waals surface area contributed by atoms with E-state index in [4.69, 9.17) is 5.73 Å². The van der Waals surface area contributed by atoms with Crippen LogP contribution in [0.5, 0.6) is 0 Å². The highest BCUT2D eigenvalue weighted by atomic mass is 16.2. The summed E-state index contributed by atoms with van der Waals surface area (Å²) in [6, 6.07) is 8.15. The highest BCUT2D eigenvalue weighted by Gasteiger charge is 2.27. The van der Waals surface area contributed by atoms with Gasteiger partial charge < -0.3 is 11.1 Å². The molecule has 2 rings (SSSR count). The fourth-order valence-corrected chi connectivity index (χ4v) is 2.84. The number of hydrogen-bond donors (Lipinski definition) is 2. The molecule has 1 aliphatic rings. The third kappa shape index (κ3) is 3.58. The van der Waals surface area contributed by atoms with Crippen LogP contribution in [-0.4, -0.2) is 29.9 Å². The minimum absolute atomic E-state index is 0.0496. The highest BCUT2D eigenvalue weighted by molar-refractivity contribution is 5.94. The van der Waals surface area contributed by atoms with Crippen molar-refractivity contribution in [1.29, 1.82) is 0 Å². The molecule has 4 heteroatoms. The lowest BCUT2D eigenvalue weighted by Crippen LogP contribution is -2.44. The van der Waals surface area contributed by atoms with Gasteiger partial charge >= 0.3 is 0 Å². The van der Waals surface area contributed by atoms with Crippen molar-refractivity contribution in [2.45, 2.75) is 51.2 Å². The smallest absolute Gasteiger partial charge is 0.241 e. The molecule has 1 fully saturated rings. The Morgan fingerprint density at radius 2 is 2.15 bits per heavy atom. The van der Waals surface area contributed by atoms with Gasteiger partial charge in [-0.3, -0.25) is 9.69 Å². The molecule has 1 aliphatic carbocycles. The molecule has 1 unspecified atom stereocenters. The van der Waals surface area contributed by atoms with Gasteiger partial charge in [0.2, 0.25) is 5.91 Å². The molecule has 1 atom stereocenters. The predicted octanol–water partition coefficient (Wildman–Crippen LogP) is 2.35. The van der Waals surface area contributed by atoms with Crippen molar-refractivity contribution < 1.29 is 4.79 Å². The number of nitrogens with two attached hydrogens (primary N) is 1. The maximum absolute atomic E-state index is 12.3. The molecular weight excluding hydrogens is 250 g/mol. The lowest BCUT2D eigenvalue weighted by molar-refractivity contribution is -0.121. The van der Waals surface area contributed by atoms with E-state index >= 15 is 0 Å². The van der Waals surface area contributed by atoms with Crippen molar-refractivity contribution in [2.75, 3.05) is 12.4 Å². The van der Waals surface area contributed by atoms with Crippen LogP contribution >= 0.6 is 0 Å². The van der Waals surface area contributed by atoms with Gasteiger partial charge in [0.15, 0.2) is 0 Å². The van der Waals surface area contributed by atoms with Crippen LogP contribution in [0.25, 0.3) is 0 Å². The number of hydrogen-bond acceptors (Lipinski definition) is 3. The van der Waals surface area contributed by atoms with Crippen LogP contribution in [0.1, 0.15) is 38.2 Å². The van der Waals surface area contributed by atoms with Gasteiger partial charge in [-0.1, -0.05) is 25.0 Å². The van der Waals surface area contributed by atoms with Gasteiger partial charge in [-0.25, -0.2) is 0 Å². The first-order valence-corrected chi connectivity index (χ1v) is 7.43. The van der Waals surface area contributed by atoms with Crippen LogP contribution in [-0.2, 0) is 11.3 Å². The second-order valence-corrected chi connectivity index (χ2v) is 5.67. The number of nitrogens with one attached hydrogen (secondary N) is 1. The zero-order valence-corrected chi connectivity index (χ0v) is 12.4. The number of anilines is 1. The third-order valence-corrected chi connectivity index (χ3v) is 4.32. The predicted molar refractivity (Wildman–Crippen MR) is 82.4 cm³/mol. The standard InChI is InChI=1S/C16H25N3O/c1-12(19(2)15-8-3-4-9-15)16(20)18-14-7-5-6-13(10-14)11-17/h5-7,10,12,15H,3-4,8-9,11,17H2,1-2H3,(H,18,20). The van der Waals surface area contributed by atoms with Gasteiger partial charge in [0.05, 0.1) is 6.04 Å². The van der Waals surface area contributed by atoms with E-state index in [9.17, 15) is 4.79 Å². The van der Waals surface area contributed by atoms with Gasteiger partial charge in [0.25, 0.3) is 0 Å². The molecule has 110 valence electrons. The molecule has 1 aromatic carbocycles. The van der Waals surface area contributed by atoms with E-state index in [-0.39, 0.29) is 11.9 Å². The summed E-state index contributed by atoms with van der Waals surface area (Å²) < 4.78 is 0. The van der Waals surface area contributed by atoms with E-state index in [1.54, 1.807) is 0 Å². The number of rotatable bonds is 5. The van der Waals surface area contributed by atoms with Crippen molar-refractivity contribution in [3.63, 3.8) is 0 Å². The Kier molecular flexibility index (Phi) is 5.15. The Hall–Kier alpha value is -1.39. The van der Waals surface area contributed by atoms with E-state index in [1.807, 2.05) is 31.2 Å². The summed E-state index contributed by atoms with van der Waals surface area (Å²) in [4.78, 5) is 14.5. The molecular formula is C16H25N3O. The van der Waals surface area contributed by atoms with Gasteiger partial charge in [-0.05, 0) is 44.5 Å². The molecule has 0 heterocycles. The number of benzene rings is 1. The van der Waals surface area contributed by atoms with Crippen molar-refractivity contribution in [2.24, 2.45) is 5.73 Å². The normalized spacial score (nSPS) is 17.4. The first kappa shape index (κ1) is 15.0. The molecule has 0 aromatic heterocycles. The first-order chi connectivity index (χ1) is 9.61. The lowest BCUT2D eigenvalue weighted by atomic mass is 10.1. The van der Waals surface area contributed by atoms with Crippen molar-refractivity contribution in [1.82, 2.24) is 4.90 Å². The number of carbonyl (C=O) groups is 1. The maximum Gasteiger partial charge on any atom is 0.241 e. The Morgan fingerprint density at radius 3 is 2.80 bits per heavy atom. The number of carbonyl (C=O) groups excluding carboxylic acids is 1. The van der Waals surface area contributed by atoms with E-state index in [0.717, 1.165) is 11.3 Å². The molecule has 0 bridgehead atoms. The zero-order valence-electron chi connectivity index (χ0n) is 12.4. The Morgan fingerprint density at radius 1 is 1.45 bits per heavy atom. The summed E-state index contributed by atoms with van der Waals surface area (Å²) >= 11 is 0. The fraction of sp³-hybridized carbons (Fsp3) is 0.562. The Labute approximate surface area is 121 Å². The fourth-order valence-electron chi connectivity index (χ4n) is 2.84. The summed E-state index contributed by atoms with van der Waals surface area (Å²) in [5, 5.41) is 2.98. The maximum atomic E-state index is 12.3. The van der Waals surface area contributed by atoms with Crippen LogP contribution in [0, 0.1) is 0 Å². The Balaban J connectivity index is 1.95. The molecule has 1 saturated carbocycles. The monoisotopic (exact) mass is 275 g/mol. The topological polar surface area (TPSA) is 58.4 Å². The average Bonchev–Trinajstić information content (AvgIpc) is 3.00. The molecule has 4 nitrogen and oxygen atoms in total. The third-order valence-electron chi connectivity index (χ3n) is 4.32. The van der Waals surface area contributed by atoms with Crippen LogP contribution in [0.2, 0.25) is 0 Å². The molecule has 1 amide bonds. The zero-order chi connectivity index (χ0) is 14.5. The van der Waals surface area contributed by atoms with Crippen molar-refractivity contribution in [3.05, 3.63) is 29.8 Å². The van der Waals surface area contributed by atoms with Crippen LogP contribution in [0.4, 0.5) is 5.69 Å². The highest BCUT2D eigenvalue weighted by Crippen LogP contribution is 2.24. The van der Waals surface area contributed by atoms with E-state index in [2.05, 4.69) is 17.3 Å². The minimum atomic E-state index is -0.111. The van der Waals surface area contributed by atoms with Gasteiger partial charge in [0.1, 0.15) is 0 Å². The molecule has 0 aliphatic heterocycles. The molecule has 20 heavy (non-hydrogen) atoms. The average molecular weight is 275 g/mol. The summed E-state index contributed by atoms with van der Waals surface area (Å²) in [5.41, 5.74) is 7.47. The van der Waals surface area contributed by atoms with E-state index < -0.39 is 0 Å². The SMILES string of the molecule is CC(C(=O)Nc1cccc(CN)c1)N(C)C1CCCC1. The van der Waals surface area contributed by atoms with Crippen molar-refractivity contribution in [3.8, 4) is 0 Å². The molecule has 0 spiro atoms.